The molecule has 2 heterocycles. The van der Waals surface area contributed by atoms with Gasteiger partial charge in [-0.3, -0.25) is 9.19 Å². The normalized spacial score (nSPS) is 20.0. The molecule has 0 saturated carbocycles. The van der Waals surface area contributed by atoms with Crippen molar-refractivity contribution in [3.05, 3.63) is 24.5 Å². The molecule has 1 aliphatic rings. The maximum Gasteiger partial charge on any atom is 0.0533 e. The molecule has 1 aromatic heterocycles. The summed E-state index contributed by atoms with van der Waals surface area (Å²) in [5.41, 5.74) is 0. The Bertz CT molecular complexity index is 323. The van der Waals surface area contributed by atoms with Crippen LogP contribution in [-0.4, -0.2) is 28.0 Å². The molecular formula is C11H16N2OS. The van der Waals surface area contributed by atoms with Gasteiger partial charge in [-0.2, -0.15) is 0 Å². The minimum Gasteiger partial charge on any atom is -0.317 e. The van der Waals surface area contributed by atoms with Gasteiger partial charge in [0.15, 0.2) is 0 Å². The van der Waals surface area contributed by atoms with E-state index < -0.39 is 10.8 Å². The average Bonchev–Trinajstić information content (AvgIpc) is 2.31. The molecule has 1 saturated heterocycles. The van der Waals surface area contributed by atoms with E-state index in [9.17, 15) is 4.21 Å². The molecule has 2 rings (SSSR count). The molecule has 1 atom stereocenters. The number of pyridine rings is 1. The first-order valence-corrected chi connectivity index (χ1v) is 6.67. The largest absolute Gasteiger partial charge is 0.317 e. The van der Waals surface area contributed by atoms with Crippen molar-refractivity contribution in [3.63, 3.8) is 0 Å². The Morgan fingerprint density at radius 1 is 1.33 bits per heavy atom. The molecule has 1 N–H and O–H groups in total. The number of hydrogen-bond donors (Lipinski definition) is 1. The predicted molar refractivity (Wildman–Crippen MR) is 61.1 cm³/mol. The van der Waals surface area contributed by atoms with E-state index in [0.717, 1.165) is 36.6 Å². The van der Waals surface area contributed by atoms with E-state index in [1.807, 2.05) is 12.1 Å². The number of aromatic nitrogens is 1. The molecule has 1 aliphatic heterocycles. The van der Waals surface area contributed by atoms with Crippen LogP contribution in [0.2, 0.25) is 0 Å². The molecule has 0 aliphatic carbocycles. The minimum absolute atomic E-state index is 0.611. The summed E-state index contributed by atoms with van der Waals surface area (Å²) in [6, 6.07) is 3.69. The van der Waals surface area contributed by atoms with Crippen LogP contribution in [0.1, 0.15) is 12.8 Å². The minimum atomic E-state index is -0.849. The third-order valence-electron chi connectivity index (χ3n) is 2.76. The highest BCUT2D eigenvalue weighted by atomic mass is 32.2. The van der Waals surface area contributed by atoms with Gasteiger partial charge in [-0.15, -0.1) is 0 Å². The van der Waals surface area contributed by atoms with Crippen LogP contribution in [0.25, 0.3) is 0 Å². The zero-order valence-corrected chi connectivity index (χ0v) is 9.50. The van der Waals surface area contributed by atoms with Crippen molar-refractivity contribution in [2.45, 2.75) is 17.7 Å². The van der Waals surface area contributed by atoms with Crippen molar-refractivity contribution in [2.24, 2.45) is 5.92 Å². The fraction of sp³-hybridized carbons (Fsp3) is 0.545. The highest BCUT2D eigenvalue weighted by molar-refractivity contribution is 7.85. The Morgan fingerprint density at radius 2 is 2.00 bits per heavy atom. The van der Waals surface area contributed by atoms with Crippen LogP contribution in [0.3, 0.4) is 0 Å². The van der Waals surface area contributed by atoms with Crippen molar-refractivity contribution in [3.8, 4) is 0 Å². The van der Waals surface area contributed by atoms with E-state index in [4.69, 9.17) is 0 Å². The Morgan fingerprint density at radius 3 is 2.67 bits per heavy atom. The van der Waals surface area contributed by atoms with Crippen LogP contribution in [-0.2, 0) is 10.8 Å². The second kappa shape index (κ2) is 5.37. The van der Waals surface area contributed by atoms with Gasteiger partial charge in [-0.1, -0.05) is 0 Å². The van der Waals surface area contributed by atoms with E-state index in [0.29, 0.717) is 5.92 Å². The topological polar surface area (TPSA) is 42.0 Å². The van der Waals surface area contributed by atoms with Gasteiger partial charge in [0.1, 0.15) is 0 Å². The van der Waals surface area contributed by atoms with Crippen LogP contribution < -0.4 is 5.32 Å². The standard InChI is InChI=1S/C11H16N2OS/c14-15(11-3-7-13-8-4-11)9-10-1-5-12-6-2-10/h3-4,7-8,10,12H,1-2,5-6,9H2/t15-/m1/s1. The molecule has 0 spiro atoms. The molecule has 1 fully saturated rings. The Labute approximate surface area is 92.8 Å². The zero-order chi connectivity index (χ0) is 10.5. The third kappa shape index (κ3) is 3.11. The number of nitrogens with one attached hydrogen (secondary N) is 1. The fourth-order valence-corrected chi connectivity index (χ4v) is 3.23. The second-order valence-electron chi connectivity index (χ2n) is 3.89. The summed E-state index contributed by atoms with van der Waals surface area (Å²) in [5.74, 6) is 1.41. The van der Waals surface area contributed by atoms with Crippen LogP contribution >= 0.6 is 0 Å². The molecule has 0 aromatic carbocycles. The predicted octanol–water partition coefficient (Wildman–Crippen LogP) is 1.19. The van der Waals surface area contributed by atoms with Crippen LogP contribution in [0.5, 0.6) is 0 Å². The number of piperidine rings is 1. The van der Waals surface area contributed by atoms with Crippen LogP contribution in [0, 0.1) is 5.92 Å². The number of nitrogens with zero attached hydrogens (tertiary/aromatic N) is 1. The Hall–Kier alpha value is -0.740. The average molecular weight is 224 g/mol. The van der Waals surface area contributed by atoms with E-state index in [1.54, 1.807) is 12.4 Å². The van der Waals surface area contributed by atoms with Crippen molar-refractivity contribution in [1.82, 2.24) is 10.3 Å². The summed E-state index contributed by atoms with van der Waals surface area (Å²) < 4.78 is 12.0. The smallest absolute Gasteiger partial charge is 0.0533 e. The molecule has 4 heteroatoms. The van der Waals surface area contributed by atoms with Crippen molar-refractivity contribution in [2.75, 3.05) is 18.8 Å². The Balaban J connectivity index is 1.91. The van der Waals surface area contributed by atoms with Gasteiger partial charge < -0.3 is 5.32 Å². The van der Waals surface area contributed by atoms with Gasteiger partial charge in [0.05, 0.1) is 10.8 Å². The molecule has 0 bridgehead atoms. The van der Waals surface area contributed by atoms with E-state index in [2.05, 4.69) is 10.3 Å². The lowest BCUT2D eigenvalue weighted by Gasteiger charge is -2.21. The molecular weight excluding hydrogens is 208 g/mol. The lowest BCUT2D eigenvalue weighted by atomic mass is 10.0. The van der Waals surface area contributed by atoms with Crippen molar-refractivity contribution < 1.29 is 4.21 Å². The van der Waals surface area contributed by atoms with Gasteiger partial charge in [0, 0.05) is 23.0 Å². The first kappa shape index (κ1) is 10.8. The van der Waals surface area contributed by atoms with Gasteiger partial charge in [0.25, 0.3) is 0 Å². The molecule has 0 amide bonds. The van der Waals surface area contributed by atoms with Crippen molar-refractivity contribution in [1.29, 1.82) is 0 Å². The van der Waals surface area contributed by atoms with Gasteiger partial charge in [0.2, 0.25) is 0 Å². The maximum absolute atomic E-state index is 12.0. The summed E-state index contributed by atoms with van der Waals surface area (Å²) in [6.07, 6.45) is 5.71. The lowest BCUT2D eigenvalue weighted by molar-refractivity contribution is 0.405. The highest BCUT2D eigenvalue weighted by Crippen LogP contribution is 2.16. The monoisotopic (exact) mass is 224 g/mol. The summed E-state index contributed by atoms with van der Waals surface area (Å²) in [4.78, 5) is 4.84. The summed E-state index contributed by atoms with van der Waals surface area (Å²) in [5, 5.41) is 3.32. The van der Waals surface area contributed by atoms with E-state index >= 15 is 0 Å². The first-order chi connectivity index (χ1) is 7.36. The lowest BCUT2D eigenvalue weighted by Crippen LogP contribution is -2.30. The first-order valence-electron chi connectivity index (χ1n) is 5.35. The Kier molecular flexibility index (Phi) is 3.86. The third-order valence-corrected chi connectivity index (χ3v) is 4.33. The van der Waals surface area contributed by atoms with Crippen LogP contribution in [0.4, 0.5) is 0 Å². The quantitative estimate of drug-likeness (QED) is 0.838. The SMILES string of the molecule is O=[S@](CC1CCNCC1)c1ccncc1. The molecule has 0 unspecified atom stereocenters. The number of hydrogen-bond acceptors (Lipinski definition) is 3. The number of rotatable bonds is 3. The highest BCUT2D eigenvalue weighted by Gasteiger charge is 2.16. The van der Waals surface area contributed by atoms with Gasteiger partial charge in [-0.25, -0.2) is 0 Å². The zero-order valence-electron chi connectivity index (χ0n) is 8.69. The van der Waals surface area contributed by atoms with Gasteiger partial charge in [-0.05, 0) is 44.0 Å². The fourth-order valence-electron chi connectivity index (χ4n) is 1.85. The molecule has 82 valence electrons. The molecule has 15 heavy (non-hydrogen) atoms. The molecule has 0 radical (unpaired) electrons. The van der Waals surface area contributed by atoms with E-state index in [1.165, 1.54) is 0 Å². The summed E-state index contributed by atoms with van der Waals surface area (Å²) in [6.45, 7) is 2.14. The molecule has 3 nitrogen and oxygen atoms in total. The summed E-state index contributed by atoms with van der Waals surface area (Å²) >= 11 is 0. The van der Waals surface area contributed by atoms with E-state index in [-0.39, 0.29) is 0 Å². The second-order valence-corrected chi connectivity index (χ2v) is 5.38. The van der Waals surface area contributed by atoms with Gasteiger partial charge >= 0.3 is 0 Å². The molecule has 1 aromatic rings. The van der Waals surface area contributed by atoms with Crippen molar-refractivity contribution >= 4 is 10.8 Å². The maximum atomic E-state index is 12.0. The summed E-state index contributed by atoms with van der Waals surface area (Å²) in [7, 11) is -0.849. The van der Waals surface area contributed by atoms with Crippen LogP contribution in [0.15, 0.2) is 29.4 Å².